The van der Waals surface area contributed by atoms with Crippen molar-refractivity contribution >= 4 is 28.9 Å². The third kappa shape index (κ3) is 3.02. The minimum Gasteiger partial charge on any atom is -0.370 e. The van der Waals surface area contributed by atoms with Crippen LogP contribution in [0, 0.1) is 20.8 Å². The van der Waals surface area contributed by atoms with E-state index in [1.165, 1.54) is 0 Å². The maximum atomic E-state index is 6.15. The lowest BCUT2D eigenvalue weighted by Gasteiger charge is -2.15. The Hall–Kier alpha value is -1.81. The van der Waals surface area contributed by atoms with Crippen LogP contribution in [0.5, 0.6) is 0 Å². The summed E-state index contributed by atoms with van der Waals surface area (Å²) in [6, 6.07) is 5.79. The van der Waals surface area contributed by atoms with E-state index >= 15 is 0 Å². The Labute approximate surface area is 124 Å². The van der Waals surface area contributed by atoms with Gasteiger partial charge in [0.05, 0.1) is 0 Å². The number of hydrogen-bond acceptors (Lipinski definition) is 4. The first-order valence-electron chi connectivity index (χ1n) is 6.64. The SMILES string of the molecule is CCNc1nc(C)nc(Nc2cccc(Cl)c2C)c1C. The van der Waals surface area contributed by atoms with Crippen molar-refractivity contribution in [3.63, 3.8) is 0 Å². The lowest BCUT2D eigenvalue weighted by molar-refractivity contribution is 1.02. The van der Waals surface area contributed by atoms with Gasteiger partial charge in [-0.25, -0.2) is 9.97 Å². The summed E-state index contributed by atoms with van der Waals surface area (Å²) in [7, 11) is 0. The van der Waals surface area contributed by atoms with Gasteiger partial charge in [-0.1, -0.05) is 17.7 Å². The second-order valence-electron chi connectivity index (χ2n) is 4.66. The zero-order valence-corrected chi connectivity index (χ0v) is 13.0. The van der Waals surface area contributed by atoms with E-state index in [1.807, 2.05) is 45.9 Å². The molecule has 20 heavy (non-hydrogen) atoms. The molecule has 0 aliphatic carbocycles. The Bertz CT molecular complexity index is 626. The molecule has 2 aromatic rings. The highest BCUT2D eigenvalue weighted by molar-refractivity contribution is 6.31. The van der Waals surface area contributed by atoms with Gasteiger partial charge in [0, 0.05) is 22.8 Å². The van der Waals surface area contributed by atoms with Gasteiger partial charge in [0.15, 0.2) is 0 Å². The Morgan fingerprint density at radius 3 is 2.45 bits per heavy atom. The number of hydrogen-bond donors (Lipinski definition) is 2. The molecular formula is C15H19ClN4. The van der Waals surface area contributed by atoms with Gasteiger partial charge in [-0.3, -0.25) is 0 Å². The molecule has 1 heterocycles. The molecule has 0 radical (unpaired) electrons. The minimum absolute atomic E-state index is 0.730. The average molecular weight is 291 g/mol. The van der Waals surface area contributed by atoms with E-state index in [9.17, 15) is 0 Å². The number of anilines is 3. The molecule has 1 aromatic carbocycles. The van der Waals surface area contributed by atoms with E-state index in [2.05, 4.69) is 20.6 Å². The predicted octanol–water partition coefficient (Wildman–Crippen LogP) is 4.23. The van der Waals surface area contributed by atoms with Gasteiger partial charge in [-0.2, -0.15) is 0 Å². The van der Waals surface area contributed by atoms with Gasteiger partial charge in [0.2, 0.25) is 0 Å². The van der Waals surface area contributed by atoms with Crippen LogP contribution in [0.2, 0.25) is 5.02 Å². The van der Waals surface area contributed by atoms with Crippen LogP contribution in [0.15, 0.2) is 18.2 Å². The van der Waals surface area contributed by atoms with E-state index < -0.39 is 0 Å². The summed E-state index contributed by atoms with van der Waals surface area (Å²) in [6.07, 6.45) is 0. The first kappa shape index (κ1) is 14.6. The van der Waals surface area contributed by atoms with Gasteiger partial charge in [-0.05, 0) is 45.4 Å². The molecule has 106 valence electrons. The quantitative estimate of drug-likeness (QED) is 0.885. The van der Waals surface area contributed by atoms with Gasteiger partial charge in [-0.15, -0.1) is 0 Å². The van der Waals surface area contributed by atoms with Gasteiger partial charge < -0.3 is 10.6 Å². The molecule has 0 aliphatic heterocycles. The van der Waals surface area contributed by atoms with E-state index in [0.717, 1.165) is 45.8 Å². The van der Waals surface area contributed by atoms with Gasteiger partial charge in [0.25, 0.3) is 0 Å². The summed E-state index contributed by atoms with van der Waals surface area (Å²) in [5.74, 6) is 2.40. The second-order valence-corrected chi connectivity index (χ2v) is 5.07. The average Bonchev–Trinajstić information content (AvgIpc) is 2.40. The van der Waals surface area contributed by atoms with Crippen molar-refractivity contribution < 1.29 is 0 Å². The standard InChI is InChI=1S/C15H19ClN4/c1-5-17-14-10(3)15(19-11(4)18-14)20-13-8-6-7-12(16)9(13)2/h6-8H,5H2,1-4H3,(H2,17,18,19,20). The third-order valence-corrected chi connectivity index (χ3v) is 3.53. The highest BCUT2D eigenvalue weighted by Gasteiger charge is 2.10. The molecule has 0 atom stereocenters. The fourth-order valence-corrected chi connectivity index (χ4v) is 2.13. The van der Waals surface area contributed by atoms with E-state index in [0.29, 0.717) is 0 Å². The van der Waals surface area contributed by atoms with Crippen LogP contribution >= 0.6 is 11.6 Å². The third-order valence-electron chi connectivity index (χ3n) is 3.12. The zero-order valence-electron chi connectivity index (χ0n) is 12.2. The number of benzene rings is 1. The summed E-state index contributed by atoms with van der Waals surface area (Å²) >= 11 is 6.15. The summed E-state index contributed by atoms with van der Waals surface area (Å²) in [6.45, 7) is 8.74. The predicted molar refractivity (Wildman–Crippen MR) is 85.1 cm³/mol. The van der Waals surface area contributed by atoms with Crippen LogP contribution in [0.4, 0.5) is 17.3 Å². The van der Waals surface area contributed by atoms with Crippen molar-refractivity contribution in [3.05, 3.63) is 40.2 Å². The van der Waals surface area contributed by atoms with E-state index in [-0.39, 0.29) is 0 Å². The summed E-state index contributed by atoms with van der Waals surface area (Å²) in [4.78, 5) is 8.89. The fourth-order valence-electron chi connectivity index (χ4n) is 1.96. The molecule has 0 unspecified atom stereocenters. The number of aromatic nitrogens is 2. The molecule has 2 N–H and O–H groups in total. The Morgan fingerprint density at radius 1 is 1.05 bits per heavy atom. The molecule has 0 aliphatic rings. The smallest absolute Gasteiger partial charge is 0.139 e. The summed E-state index contributed by atoms with van der Waals surface area (Å²) < 4.78 is 0. The lowest BCUT2D eigenvalue weighted by atomic mass is 10.2. The van der Waals surface area contributed by atoms with Gasteiger partial charge >= 0.3 is 0 Å². The largest absolute Gasteiger partial charge is 0.370 e. The monoisotopic (exact) mass is 290 g/mol. The normalized spacial score (nSPS) is 10.4. The minimum atomic E-state index is 0.730. The van der Waals surface area contributed by atoms with E-state index in [4.69, 9.17) is 11.6 Å². The van der Waals surface area contributed by atoms with Crippen LogP contribution in [0.3, 0.4) is 0 Å². The van der Waals surface area contributed by atoms with Crippen molar-refractivity contribution in [2.24, 2.45) is 0 Å². The van der Waals surface area contributed by atoms with Crippen molar-refractivity contribution in [3.8, 4) is 0 Å². The first-order chi connectivity index (χ1) is 9.52. The maximum absolute atomic E-state index is 6.15. The first-order valence-corrected chi connectivity index (χ1v) is 7.02. The highest BCUT2D eigenvalue weighted by atomic mass is 35.5. The molecule has 0 spiro atoms. The van der Waals surface area contributed by atoms with Crippen molar-refractivity contribution in [2.75, 3.05) is 17.2 Å². The Kier molecular flexibility index (Phi) is 4.45. The van der Waals surface area contributed by atoms with Crippen molar-refractivity contribution in [1.29, 1.82) is 0 Å². The van der Waals surface area contributed by atoms with Crippen LogP contribution in [-0.4, -0.2) is 16.5 Å². The molecule has 0 fully saturated rings. The van der Waals surface area contributed by atoms with Crippen LogP contribution in [0.1, 0.15) is 23.9 Å². The van der Waals surface area contributed by atoms with Gasteiger partial charge in [0.1, 0.15) is 17.5 Å². The summed E-state index contributed by atoms with van der Waals surface area (Å²) in [5, 5.41) is 7.34. The van der Waals surface area contributed by atoms with Crippen molar-refractivity contribution in [2.45, 2.75) is 27.7 Å². The zero-order chi connectivity index (χ0) is 14.7. The summed E-state index contributed by atoms with van der Waals surface area (Å²) in [5.41, 5.74) is 2.97. The lowest BCUT2D eigenvalue weighted by Crippen LogP contribution is -2.08. The second kappa shape index (κ2) is 6.09. The van der Waals surface area contributed by atoms with Crippen molar-refractivity contribution in [1.82, 2.24) is 9.97 Å². The topological polar surface area (TPSA) is 49.8 Å². The molecule has 2 rings (SSSR count). The molecule has 4 nitrogen and oxygen atoms in total. The molecule has 5 heteroatoms. The Morgan fingerprint density at radius 2 is 1.75 bits per heavy atom. The molecule has 0 bridgehead atoms. The molecule has 1 aromatic heterocycles. The van der Waals surface area contributed by atoms with E-state index in [1.54, 1.807) is 0 Å². The molecule has 0 amide bonds. The number of nitrogens with one attached hydrogen (secondary N) is 2. The Balaban J connectivity index is 2.40. The number of nitrogens with zero attached hydrogens (tertiary/aromatic N) is 2. The molecule has 0 saturated heterocycles. The van der Waals surface area contributed by atoms with Crippen LogP contribution < -0.4 is 10.6 Å². The fraction of sp³-hybridized carbons (Fsp3) is 0.333. The maximum Gasteiger partial charge on any atom is 0.139 e. The van der Waals surface area contributed by atoms with Crippen LogP contribution in [0.25, 0.3) is 0 Å². The molecular weight excluding hydrogens is 272 g/mol. The van der Waals surface area contributed by atoms with Crippen LogP contribution in [-0.2, 0) is 0 Å². The number of halogens is 1. The number of aryl methyl sites for hydroxylation is 1. The molecule has 0 saturated carbocycles. The highest BCUT2D eigenvalue weighted by Crippen LogP contribution is 2.28. The number of rotatable bonds is 4.